The molecule has 2 atom stereocenters. The van der Waals surface area contributed by atoms with E-state index in [1.54, 1.807) is 24.3 Å². The topological polar surface area (TPSA) is 43.4 Å². The number of hydrogen-bond acceptors (Lipinski definition) is 3. The van der Waals surface area contributed by atoms with Gasteiger partial charge in [-0.25, -0.2) is 4.79 Å². The van der Waals surface area contributed by atoms with Crippen molar-refractivity contribution < 1.29 is 14.3 Å². The number of hydrogen-bond donors (Lipinski definition) is 0. The van der Waals surface area contributed by atoms with Crippen molar-refractivity contribution >= 4 is 11.8 Å². The molecule has 0 saturated carbocycles. The molecule has 0 amide bonds. The molecular weight excluding hydrogens is 240 g/mol. The Morgan fingerprint density at radius 3 is 2.21 bits per heavy atom. The van der Waals surface area contributed by atoms with Crippen LogP contribution in [0.3, 0.4) is 0 Å². The first-order valence-electron chi connectivity index (χ1n) is 6.64. The zero-order valence-electron chi connectivity index (χ0n) is 11.1. The first-order valence-corrected chi connectivity index (χ1v) is 6.64. The van der Waals surface area contributed by atoms with Gasteiger partial charge in [-0.3, -0.25) is 4.79 Å². The van der Waals surface area contributed by atoms with Crippen LogP contribution in [-0.4, -0.2) is 11.8 Å². The lowest BCUT2D eigenvalue weighted by atomic mass is 9.78. The number of ketones is 1. The maximum atomic E-state index is 12.3. The summed E-state index contributed by atoms with van der Waals surface area (Å²) in [6, 6.07) is 6.74. The first-order chi connectivity index (χ1) is 9.06. The highest BCUT2D eigenvalue weighted by Crippen LogP contribution is 2.40. The average Bonchev–Trinajstić information content (AvgIpc) is 2.44. The second kappa shape index (κ2) is 4.34. The van der Waals surface area contributed by atoms with Gasteiger partial charge in [0.05, 0.1) is 5.56 Å². The van der Waals surface area contributed by atoms with Gasteiger partial charge in [-0.1, -0.05) is 26.0 Å². The third-order valence-electron chi connectivity index (χ3n) is 4.04. The third kappa shape index (κ3) is 1.99. The fourth-order valence-corrected chi connectivity index (χ4v) is 2.75. The lowest BCUT2D eigenvalue weighted by molar-refractivity contribution is 0.0576. The molecule has 3 aliphatic rings. The van der Waals surface area contributed by atoms with Gasteiger partial charge in [0, 0.05) is 17.9 Å². The highest BCUT2D eigenvalue weighted by molar-refractivity contribution is 5.99. The van der Waals surface area contributed by atoms with E-state index in [4.69, 9.17) is 4.74 Å². The lowest BCUT2D eigenvalue weighted by Crippen LogP contribution is -2.23. The standard InChI is InChI=1S/C16H16O3/c1-9-8-14-13(9)7-10(2)15(17)11-3-5-12(6-4-11)16(18)19-14/h3-6,9-10H,7-8H2,1-2H3. The van der Waals surface area contributed by atoms with Crippen LogP contribution in [0.25, 0.3) is 0 Å². The summed E-state index contributed by atoms with van der Waals surface area (Å²) in [4.78, 5) is 24.3. The number of allylic oxidation sites excluding steroid dienone is 2. The molecule has 3 heteroatoms. The molecule has 1 aromatic carbocycles. The summed E-state index contributed by atoms with van der Waals surface area (Å²) in [5.74, 6) is 0.907. The monoisotopic (exact) mass is 256 g/mol. The number of carbonyl (C=O) groups is 2. The van der Waals surface area contributed by atoms with E-state index in [1.165, 1.54) is 0 Å². The van der Waals surface area contributed by atoms with Crippen LogP contribution in [0.4, 0.5) is 0 Å². The zero-order valence-corrected chi connectivity index (χ0v) is 11.1. The molecule has 0 spiro atoms. The van der Waals surface area contributed by atoms with Crippen LogP contribution < -0.4 is 0 Å². The van der Waals surface area contributed by atoms with Gasteiger partial charge >= 0.3 is 5.97 Å². The maximum Gasteiger partial charge on any atom is 0.343 e. The van der Waals surface area contributed by atoms with Gasteiger partial charge in [-0.15, -0.1) is 0 Å². The molecule has 0 aromatic heterocycles. The van der Waals surface area contributed by atoms with Crippen LogP contribution in [0.2, 0.25) is 0 Å². The van der Waals surface area contributed by atoms with Crippen LogP contribution in [-0.2, 0) is 4.74 Å². The fourth-order valence-electron chi connectivity index (χ4n) is 2.75. The summed E-state index contributed by atoms with van der Waals surface area (Å²) in [6.07, 6.45) is 1.47. The number of ether oxygens (including phenoxy) is 1. The van der Waals surface area contributed by atoms with Crippen molar-refractivity contribution in [2.45, 2.75) is 26.7 Å². The zero-order chi connectivity index (χ0) is 13.6. The Balaban J connectivity index is 2.05. The van der Waals surface area contributed by atoms with Gasteiger partial charge in [0.1, 0.15) is 5.76 Å². The van der Waals surface area contributed by atoms with Crippen molar-refractivity contribution in [3.05, 3.63) is 46.7 Å². The van der Waals surface area contributed by atoms with Crippen LogP contribution in [0.1, 0.15) is 47.4 Å². The van der Waals surface area contributed by atoms with E-state index in [9.17, 15) is 9.59 Å². The molecule has 0 saturated heterocycles. The van der Waals surface area contributed by atoms with E-state index in [0.717, 1.165) is 17.8 Å². The van der Waals surface area contributed by atoms with E-state index >= 15 is 0 Å². The second-order valence-electron chi connectivity index (χ2n) is 5.49. The van der Waals surface area contributed by atoms with E-state index in [0.29, 0.717) is 23.5 Å². The molecule has 0 radical (unpaired) electrons. The number of fused-ring (bicyclic) bond motifs is 5. The molecule has 0 N–H and O–H groups in total. The highest BCUT2D eigenvalue weighted by Gasteiger charge is 2.32. The number of Topliss-reactive ketones (excluding diaryl/α,β-unsaturated/α-hetero) is 1. The van der Waals surface area contributed by atoms with Crippen LogP contribution in [0.5, 0.6) is 0 Å². The SMILES string of the molecule is CC1CC2=C(CC2C)OC(=O)c2ccc(cc2)C1=O. The van der Waals surface area contributed by atoms with Crippen molar-refractivity contribution in [3.8, 4) is 0 Å². The van der Waals surface area contributed by atoms with E-state index in [1.807, 2.05) is 6.92 Å². The Kier molecular flexibility index (Phi) is 2.77. The van der Waals surface area contributed by atoms with E-state index < -0.39 is 0 Å². The van der Waals surface area contributed by atoms with Crippen molar-refractivity contribution in [1.29, 1.82) is 0 Å². The minimum Gasteiger partial charge on any atom is -0.427 e. The largest absolute Gasteiger partial charge is 0.427 e. The molecule has 4 rings (SSSR count). The molecular formula is C16H16O3. The van der Waals surface area contributed by atoms with Gasteiger partial charge < -0.3 is 4.74 Å². The van der Waals surface area contributed by atoms with Gasteiger partial charge in [-0.2, -0.15) is 0 Å². The minimum atomic E-state index is -0.326. The number of benzene rings is 1. The molecule has 2 heterocycles. The number of carbonyl (C=O) groups excluding carboxylic acids is 2. The van der Waals surface area contributed by atoms with Crippen LogP contribution in [0.15, 0.2) is 35.6 Å². The average molecular weight is 256 g/mol. The van der Waals surface area contributed by atoms with Crippen LogP contribution in [0, 0.1) is 11.8 Å². The van der Waals surface area contributed by atoms with Crippen molar-refractivity contribution in [1.82, 2.24) is 0 Å². The Hall–Kier alpha value is -1.90. The lowest BCUT2D eigenvalue weighted by Gasteiger charge is -2.31. The van der Waals surface area contributed by atoms with Gasteiger partial charge in [0.25, 0.3) is 0 Å². The Bertz CT molecular complexity index is 581. The van der Waals surface area contributed by atoms with Gasteiger partial charge in [0.15, 0.2) is 5.78 Å². The molecule has 19 heavy (non-hydrogen) atoms. The van der Waals surface area contributed by atoms with Crippen molar-refractivity contribution in [2.24, 2.45) is 11.8 Å². The Labute approximate surface area is 112 Å². The summed E-state index contributed by atoms with van der Waals surface area (Å²) in [6.45, 7) is 4.04. The Morgan fingerprint density at radius 2 is 1.58 bits per heavy atom. The first kappa shape index (κ1) is 12.2. The summed E-state index contributed by atoms with van der Waals surface area (Å²) in [5.41, 5.74) is 2.29. The summed E-state index contributed by atoms with van der Waals surface area (Å²) < 4.78 is 5.44. The van der Waals surface area contributed by atoms with Gasteiger partial charge in [0.2, 0.25) is 0 Å². The van der Waals surface area contributed by atoms with Crippen molar-refractivity contribution in [3.63, 3.8) is 0 Å². The normalized spacial score (nSPS) is 26.4. The molecule has 0 fully saturated rings. The molecule has 2 aliphatic heterocycles. The number of esters is 1. The maximum absolute atomic E-state index is 12.3. The second-order valence-corrected chi connectivity index (χ2v) is 5.49. The molecule has 2 bridgehead atoms. The van der Waals surface area contributed by atoms with E-state index in [2.05, 4.69) is 6.92 Å². The Morgan fingerprint density at radius 1 is 0.947 bits per heavy atom. The van der Waals surface area contributed by atoms with E-state index in [-0.39, 0.29) is 17.7 Å². The molecule has 1 aromatic rings. The molecule has 1 aliphatic carbocycles. The highest BCUT2D eigenvalue weighted by atomic mass is 16.5. The quantitative estimate of drug-likeness (QED) is 0.668. The summed E-state index contributed by atoms with van der Waals surface area (Å²) in [7, 11) is 0. The summed E-state index contributed by atoms with van der Waals surface area (Å²) >= 11 is 0. The molecule has 98 valence electrons. The predicted octanol–water partition coefficient (Wildman–Crippen LogP) is 3.36. The van der Waals surface area contributed by atoms with Crippen molar-refractivity contribution in [2.75, 3.05) is 0 Å². The van der Waals surface area contributed by atoms with Crippen LogP contribution >= 0.6 is 0 Å². The smallest absolute Gasteiger partial charge is 0.343 e. The number of rotatable bonds is 0. The minimum absolute atomic E-state index is 0.0737. The van der Waals surface area contributed by atoms with Gasteiger partial charge in [-0.05, 0) is 30.0 Å². The summed E-state index contributed by atoms with van der Waals surface area (Å²) in [5, 5.41) is 0. The molecule has 2 unspecified atom stereocenters. The molecule has 3 nitrogen and oxygen atoms in total. The predicted molar refractivity (Wildman–Crippen MR) is 70.8 cm³/mol. The fraction of sp³-hybridized carbons (Fsp3) is 0.375. The third-order valence-corrected chi connectivity index (χ3v) is 4.04.